The molecular formula is C73H66Br3ClF6N18O5S2. The number of fused-ring (bicyclic) bond motifs is 15. The molecule has 35 heteroatoms. The number of rotatable bonds is 13. The molecule has 17 rings (SSSR count). The van der Waals surface area contributed by atoms with Crippen LogP contribution in [0.4, 0.5) is 26.3 Å². The third kappa shape index (κ3) is 12.8. The van der Waals surface area contributed by atoms with E-state index in [1.165, 1.54) is 90.6 Å². The quantitative estimate of drug-likeness (QED) is 0.0800. The Morgan fingerprint density at radius 3 is 1.37 bits per heavy atom. The minimum absolute atomic E-state index is 0.0592. The van der Waals surface area contributed by atoms with Gasteiger partial charge in [-0.1, -0.05) is 59.7 Å². The summed E-state index contributed by atoms with van der Waals surface area (Å²) in [5.74, 6) is -2.32. The molecule has 0 amide bonds. The predicted octanol–water partition coefficient (Wildman–Crippen LogP) is 14.0. The maximum absolute atomic E-state index is 14.6. The molecule has 3 aromatic carbocycles. The maximum Gasteiger partial charge on any atom is 0.345 e. The summed E-state index contributed by atoms with van der Waals surface area (Å²) in [4.78, 5) is 44.6. The zero-order valence-corrected chi connectivity index (χ0v) is 66.1. The Balaban J connectivity index is 0.000000128. The highest BCUT2D eigenvalue weighted by Crippen LogP contribution is 2.73. The Labute approximate surface area is 645 Å². The van der Waals surface area contributed by atoms with E-state index < -0.39 is 76.5 Å². The zero-order chi connectivity index (χ0) is 77.2. The van der Waals surface area contributed by atoms with Crippen LogP contribution in [-0.4, -0.2) is 131 Å². The molecule has 6 atom stereocenters. The first-order valence-corrected chi connectivity index (χ1v) is 41.0. The predicted molar refractivity (Wildman–Crippen MR) is 397 cm³/mol. The highest BCUT2D eigenvalue weighted by Gasteiger charge is 2.68. The van der Waals surface area contributed by atoms with Crippen molar-refractivity contribution in [2.45, 2.75) is 127 Å². The Bertz CT molecular complexity index is 5690. The molecule has 11 aromatic rings. The van der Waals surface area contributed by atoms with Crippen LogP contribution in [0.1, 0.15) is 160 Å². The van der Waals surface area contributed by atoms with Crippen molar-refractivity contribution in [3.63, 3.8) is 0 Å². The van der Waals surface area contributed by atoms with E-state index in [0.717, 1.165) is 88.2 Å². The van der Waals surface area contributed by atoms with Gasteiger partial charge in [-0.3, -0.25) is 5.10 Å². The highest BCUT2D eigenvalue weighted by atomic mass is 79.9. The van der Waals surface area contributed by atoms with E-state index >= 15 is 0 Å². The summed E-state index contributed by atoms with van der Waals surface area (Å²) < 4.78 is 134. The summed E-state index contributed by atoms with van der Waals surface area (Å²) in [5, 5.41) is 37.0. The van der Waals surface area contributed by atoms with Gasteiger partial charge in [0.05, 0.1) is 103 Å². The second kappa shape index (κ2) is 28.1. The van der Waals surface area contributed by atoms with Crippen molar-refractivity contribution >= 4 is 79.1 Å². The van der Waals surface area contributed by atoms with E-state index in [4.69, 9.17) is 16.6 Å². The number of hydrogen-bond donors (Lipinski definition) is 2. The van der Waals surface area contributed by atoms with Gasteiger partial charge in [0.2, 0.25) is 5.28 Å². The van der Waals surface area contributed by atoms with Crippen LogP contribution in [0.25, 0.3) is 39.7 Å². The number of halogens is 10. The first-order chi connectivity index (χ1) is 51.0. The van der Waals surface area contributed by atoms with E-state index in [9.17, 15) is 48.0 Å². The molecule has 6 bridgehead atoms. The van der Waals surface area contributed by atoms with Gasteiger partial charge in [0, 0.05) is 49.6 Å². The van der Waals surface area contributed by atoms with Gasteiger partial charge in [-0.2, -0.15) is 25.1 Å². The fraction of sp³-hybridized carbons (Fsp3) is 0.370. The van der Waals surface area contributed by atoms with Crippen LogP contribution < -0.4 is 5.69 Å². The fourth-order valence-electron chi connectivity index (χ4n) is 17.7. The summed E-state index contributed by atoms with van der Waals surface area (Å²) in [6, 6.07) is 16.6. The summed E-state index contributed by atoms with van der Waals surface area (Å²) in [5.41, 5.74) is 4.39. The van der Waals surface area contributed by atoms with Gasteiger partial charge in [0.1, 0.15) is 73.1 Å². The minimum atomic E-state index is -3.16. The van der Waals surface area contributed by atoms with E-state index in [1.54, 1.807) is 30.6 Å². The van der Waals surface area contributed by atoms with E-state index in [-0.39, 0.29) is 96.9 Å². The molecule has 0 aliphatic heterocycles. The minimum Gasteiger partial charge on any atom is -0.308 e. The normalized spacial score (nSPS) is 21.8. The number of aryl methyl sites for hydroxylation is 2. The number of nitrogens with zero attached hydrogens (tertiary/aromatic N) is 16. The van der Waals surface area contributed by atoms with E-state index in [2.05, 4.69) is 170 Å². The van der Waals surface area contributed by atoms with Crippen LogP contribution >= 0.6 is 59.4 Å². The lowest BCUT2D eigenvalue weighted by Crippen LogP contribution is -2.39. The molecule has 3 fully saturated rings. The van der Waals surface area contributed by atoms with Crippen LogP contribution in [0.2, 0.25) is 5.28 Å². The van der Waals surface area contributed by atoms with Crippen molar-refractivity contribution in [2.24, 2.45) is 16.2 Å². The molecule has 3 saturated carbocycles. The molecule has 0 spiro atoms. The lowest BCUT2D eigenvalue weighted by Gasteiger charge is -2.38. The standard InChI is InChI=1S/C26H24BrF2N7O2S.C21H16BrClF2N4.C21H17BrF2N4O.C5H9N3O2S/c1-25(2)15-7-9-26(25,22-14(15)11-19(33-34-22)21-17(28)5-4-6-18(21)29)23-16(27)12-30-24(32-23)36-13-31-20(35-36)8-10-39(3,37)38;1-20(2)11-6-7-21(20,18-12(22)9-26-19(23)27-18)17-10(11)8-15(28-29-17)16-13(24)4-3-5-14(16)25;1-20(2)11-6-7-21(20,18-12(22)9-25-19(29)26-18)17-10(11)8-15(27-28-17)16-13(23)4-3-5-14(16)24;1-11(9,10)3-2-5-6-4-7-8-5/h4-6,11-13,15H,7-10H2,1-3H3;3-5,8-9,11H,6-7H2,1-2H3;3-5,8-9,11H,6-7H2,1-2H3,(H,25,26,29);4H,2-3H2,1H3,(H,6,7,8)/t15-,26+;2*11-,21+;/m000./s1. The SMILES string of the molecule is CC1(C)[C@H]2CC[C@]1(c1[nH]c(=O)ncc1Br)c1nnc(-c3c(F)cccc3F)cc12.CC1(C)[C@H]2CC[C@]1(c1nc(-n3cnc(CCS(C)(=O)=O)n3)ncc1Br)c1nnc(-c3c(F)cccc3F)cc12.CC1(C)[C@H]2CC[C@]1(c1nc(Cl)ncc1Br)c1nnc(-c3c(F)cccc3F)cc12.CS(=O)(=O)CCc1ncn[nH]1. The number of sulfone groups is 2. The number of H-pyrrole nitrogens is 2. The Hall–Kier alpha value is -8.57. The summed E-state index contributed by atoms with van der Waals surface area (Å²) in [7, 11) is -6.04. The third-order valence-electron chi connectivity index (χ3n) is 22.9. The fourth-order valence-corrected chi connectivity index (χ4v) is 20.5. The topological polar surface area (TPSA) is 315 Å². The van der Waals surface area contributed by atoms with E-state index in [0.29, 0.717) is 32.7 Å². The molecule has 0 radical (unpaired) electrons. The molecule has 6 aliphatic rings. The molecule has 0 saturated heterocycles. The molecule has 108 heavy (non-hydrogen) atoms. The van der Waals surface area contributed by atoms with E-state index in [1.807, 2.05) is 0 Å². The molecule has 8 aromatic heterocycles. The third-order valence-corrected chi connectivity index (χ3v) is 26.7. The first kappa shape index (κ1) is 76.2. The van der Waals surface area contributed by atoms with Crippen molar-refractivity contribution in [2.75, 3.05) is 24.0 Å². The maximum atomic E-state index is 14.6. The van der Waals surface area contributed by atoms with Crippen LogP contribution in [-0.2, 0) is 48.8 Å². The largest absolute Gasteiger partial charge is 0.345 e. The smallest absolute Gasteiger partial charge is 0.308 e. The molecule has 6 aliphatic carbocycles. The van der Waals surface area contributed by atoms with Crippen molar-refractivity contribution in [1.29, 1.82) is 0 Å². The van der Waals surface area contributed by atoms with Gasteiger partial charge in [-0.25, -0.2) is 82.9 Å². The van der Waals surface area contributed by atoms with Crippen molar-refractivity contribution in [3.05, 3.63) is 231 Å². The number of nitrogens with one attached hydrogen (secondary N) is 2. The zero-order valence-electron chi connectivity index (χ0n) is 58.9. The van der Waals surface area contributed by atoms with Gasteiger partial charge in [-0.05, 0) is 203 Å². The Kier molecular flexibility index (Phi) is 19.8. The average Bonchev–Trinajstić information content (AvgIpc) is 1.53. The average molecular weight is 1730 g/mol. The second-order valence-electron chi connectivity index (χ2n) is 29.5. The number of aromatic amines is 2. The Morgan fingerprint density at radius 2 is 0.926 bits per heavy atom. The van der Waals surface area contributed by atoms with Gasteiger partial charge in [0.15, 0.2) is 5.82 Å². The lowest BCUT2D eigenvalue weighted by atomic mass is 9.66. The van der Waals surface area contributed by atoms with Gasteiger partial charge in [0.25, 0.3) is 5.95 Å². The summed E-state index contributed by atoms with van der Waals surface area (Å²) in [6.45, 7) is 12.9. The monoisotopic (exact) mass is 1720 g/mol. The number of benzene rings is 3. The van der Waals surface area contributed by atoms with Gasteiger partial charge in [-0.15, -0.1) is 20.4 Å². The Morgan fingerprint density at radius 1 is 0.519 bits per heavy atom. The first-order valence-electron chi connectivity index (χ1n) is 34.1. The van der Waals surface area contributed by atoms with Crippen LogP contribution in [0, 0.1) is 51.1 Å². The number of aromatic nitrogens is 18. The van der Waals surface area contributed by atoms with Gasteiger partial charge >= 0.3 is 5.69 Å². The summed E-state index contributed by atoms with van der Waals surface area (Å²) in [6.07, 6.45) is 15.6. The lowest BCUT2D eigenvalue weighted by molar-refractivity contribution is 0.241. The molecular weight excluding hydrogens is 1660 g/mol. The van der Waals surface area contributed by atoms with Crippen molar-refractivity contribution in [3.8, 4) is 39.7 Å². The summed E-state index contributed by atoms with van der Waals surface area (Å²) >= 11 is 16.9. The second-order valence-corrected chi connectivity index (χ2v) is 36.9. The van der Waals surface area contributed by atoms with Crippen LogP contribution in [0.15, 0.2) is 122 Å². The van der Waals surface area contributed by atoms with Crippen LogP contribution in [0.3, 0.4) is 0 Å². The van der Waals surface area contributed by atoms with Gasteiger partial charge < -0.3 is 4.98 Å². The molecule has 23 nitrogen and oxygen atoms in total. The molecule has 560 valence electrons. The number of hydrogen-bond acceptors (Lipinski definition) is 20. The van der Waals surface area contributed by atoms with Crippen LogP contribution in [0.5, 0.6) is 0 Å². The van der Waals surface area contributed by atoms with Crippen molar-refractivity contribution in [1.82, 2.24) is 90.4 Å². The van der Waals surface area contributed by atoms with Crippen molar-refractivity contribution < 1.29 is 43.2 Å². The molecule has 8 heterocycles. The highest BCUT2D eigenvalue weighted by molar-refractivity contribution is 9.11. The molecule has 0 unspecified atom stereocenters. The molecule has 2 N–H and O–H groups in total.